The zero-order valence-corrected chi connectivity index (χ0v) is 9.73. The van der Waals surface area contributed by atoms with Crippen molar-refractivity contribution in [3.8, 4) is 0 Å². The van der Waals surface area contributed by atoms with Crippen molar-refractivity contribution in [1.29, 1.82) is 0 Å². The fourth-order valence-electron chi connectivity index (χ4n) is 2.21. The van der Waals surface area contributed by atoms with Crippen LogP contribution in [0.4, 0.5) is 0 Å². The van der Waals surface area contributed by atoms with E-state index >= 15 is 0 Å². The lowest BCUT2D eigenvalue weighted by atomic mass is 9.85. The van der Waals surface area contributed by atoms with E-state index in [0.29, 0.717) is 6.04 Å². The molecule has 1 aliphatic rings. The van der Waals surface area contributed by atoms with Crippen molar-refractivity contribution in [3.05, 3.63) is 35.9 Å². The van der Waals surface area contributed by atoms with Gasteiger partial charge in [-0.3, -0.25) is 0 Å². The van der Waals surface area contributed by atoms with Crippen molar-refractivity contribution in [2.45, 2.75) is 31.7 Å². The summed E-state index contributed by atoms with van der Waals surface area (Å²) >= 11 is 0. The third-order valence-electron chi connectivity index (χ3n) is 3.50. The zero-order valence-electron chi connectivity index (χ0n) is 9.73. The molecule has 1 atom stereocenters. The van der Waals surface area contributed by atoms with Gasteiger partial charge in [0.1, 0.15) is 0 Å². The molecule has 1 saturated carbocycles. The van der Waals surface area contributed by atoms with Crippen molar-refractivity contribution >= 4 is 0 Å². The van der Waals surface area contributed by atoms with E-state index in [0.717, 1.165) is 18.9 Å². The van der Waals surface area contributed by atoms with E-state index in [9.17, 15) is 0 Å². The van der Waals surface area contributed by atoms with Crippen molar-refractivity contribution in [3.63, 3.8) is 0 Å². The minimum Gasteiger partial charge on any atom is -0.396 e. The van der Waals surface area contributed by atoms with Gasteiger partial charge in [0.05, 0.1) is 0 Å². The molecule has 0 heterocycles. The first-order valence-corrected chi connectivity index (χ1v) is 6.29. The SMILES string of the molecule is OCC[C@H](NCC1CCC1)c1ccccc1. The van der Waals surface area contributed by atoms with Crippen LogP contribution in [0.2, 0.25) is 0 Å². The third-order valence-corrected chi connectivity index (χ3v) is 3.50. The molecule has 2 rings (SSSR count). The van der Waals surface area contributed by atoms with Crippen molar-refractivity contribution in [1.82, 2.24) is 5.32 Å². The second-order valence-corrected chi connectivity index (χ2v) is 4.68. The van der Waals surface area contributed by atoms with Crippen molar-refractivity contribution < 1.29 is 5.11 Å². The molecule has 1 fully saturated rings. The van der Waals surface area contributed by atoms with Crippen molar-refractivity contribution in [2.75, 3.05) is 13.2 Å². The Morgan fingerprint density at radius 1 is 1.25 bits per heavy atom. The number of aliphatic hydroxyl groups is 1. The monoisotopic (exact) mass is 219 g/mol. The van der Waals surface area contributed by atoms with Gasteiger partial charge in [0.25, 0.3) is 0 Å². The smallest absolute Gasteiger partial charge is 0.0449 e. The molecule has 0 unspecified atom stereocenters. The maximum Gasteiger partial charge on any atom is 0.0449 e. The summed E-state index contributed by atoms with van der Waals surface area (Å²) in [5.41, 5.74) is 1.29. The number of aliphatic hydroxyl groups excluding tert-OH is 1. The molecule has 2 heteroatoms. The van der Waals surface area contributed by atoms with E-state index < -0.39 is 0 Å². The second-order valence-electron chi connectivity index (χ2n) is 4.68. The molecule has 1 aliphatic carbocycles. The maximum atomic E-state index is 9.09. The van der Waals surface area contributed by atoms with Crippen LogP contribution in [0.1, 0.15) is 37.3 Å². The largest absolute Gasteiger partial charge is 0.396 e. The summed E-state index contributed by atoms with van der Waals surface area (Å²) < 4.78 is 0. The minimum absolute atomic E-state index is 0.247. The molecule has 0 aromatic heterocycles. The van der Waals surface area contributed by atoms with E-state index in [1.807, 2.05) is 6.07 Å². The summed E-state index contributed by atoms with van der Waals surface area (Å²) in [5, 5.41) is 12.7. The molecule has 0 bridgehead atoms. The van der Waals surface area contributed by atoms with Crippen LogP contribution in [0, 0.1) is 5.92 Å². The van der Waals surface area contributed by atoms with Gasteiger partial charge in [-0.25, -0.2) is 0 Å². The minimum atomic E-state index is 0.247. The number of hydrogen-bond donors (Lipinski definition) is 2. The van der Waals surface area contributed by atoms with Gasteiger partial charge in [-0.05, 0) is 37.3 Å². The van der Waals surface area contributed by atoms with Gasteiger partial charge in [0.2, 0.25) is 0 Å². The molecule has 0 saturated heterocycles. The van der Waals surface area contributed by atoms with Crippen LogP contribution in [0.3, 0.4) is 0 Å². The van der Waals surface area contributed by atoms with Crippen LogP contribution in [-0.2, 0) is 0 Å². The number of benzene rings is 1. The van der Waals surface area contributed by atoms with Crippen LogP contribution in [0.5, 0.6) is 0 Å². The molecule has 2 nitrogen and oxygen atoms in total. The second kappa shape index (κ2) is 6.02. The molecule has 0 aliphatic heterocycles. The van der Waals surface area contributed by atoms with Crippen LogP contribution >= 0.6 is 0 Å². The van der Waals surface area contributed by atoms with E-state index in [1.54, 1.807) is 0 Å². The highest BCUT2D eigenvalue weighted by molar-refractivity contribution is 5.18. The Bertz CT molecular complexity index is 295. The molecule has 1 aromatic carbocycles. The zero-order chi connectivity index (χ0) is 11.2. The summed E-state index contributed by atoms with van der Waals surface area (Å²) in [5.74, 6) is 0.866. The Morgan fingerprint density at radius 3 is 2.56 bits per heavy atom. The Hall–Kier alpha value is -0.860. The lowest BCUT2D eigenvalue weighted by Crippen LogP contribution is -2.31. The highest BCUT2D eigenvalue weighted by Crippen LogP contribution is 2.26. The van der Waals surface area contributed by atoms with Crippen LogP contribution in [-0.4, -0.2) is 18.3 Å². The van der Waals surface area contributed by atoms with E-state index in [2.05, 4.69) is 29.6 Å². The predicted molar refractivity (Wildman–Crippen MR) is 66.2 cm³/mol. The van der Waals surface area contributed by atoms with Gasteiger partial charge in [-0.1, -0.05) is 36.8 Å². The van der Waals surface area contributed by atoms with Gasteiger partial charge < -0.3 is 10.4 Å². The molecular formula is C14H21NO. The van der Waals surface area contributed by atoms with Crippen molar-refractivity contribution in [2.24, 2.45) is 5.92 Å². The quantitative estimate of drug-likeness (QED) is 0.770. The lowest BCUT2D eigenvalue weighted by molar-refractivity contribution is 0.246. The van der Waals surface area contributed by atoms with E-state index in [-0.39, 0.29) is 6.61 Å². The normalized spacial score (nSPS) is 18.1. The molecule has 0 spiro atoms. The Morgan fingerprint density at radius 2 is 2.00 bits per heavy atom. The van der Waals surface area contributed by atoms with Gasteiger partial charge >= 0.3 is 0 Å². The molecule has 0 amide bonds. The Balaban J connectivity index is 1.88. The fourth-order valence-corrected chi connectivity index (χ4v) is 2.21. The third kappa shape index (κ3) is 3.06. The van der Waals surface area contributed by atoms with Crippen LogP contribution < -0.4 is 5.32 Å². The van der Waals surface area contributed by atoms with Gasteiger partial charge in [-0.15, -0.1) is 0 Å². The maximum absolute atomic E-state index is 9.09. The highest BCUT2D eigenvalue weighted by Gasteiger charge is 2.19. The van der Waals surface area contributed by atoms with Gasteiger partial charge in [-0.2, -0.15) is 0 Å². The first-order valence-electron chi connectivity index (χ1n) is 6.29. The average Bonchev–Trinajstić information content (AvgIpc) is 2.27. The highest BCUT2D eigenvalue weighted by atomic mass is 16.3. The van der Waals surface area contributed by atoms with Gasteiger partial charge in [0, 0.05) is 12.6 Å². The summed E-state index contributed by atoms with van der Waals surface area (Å²) in [6.07, 6.45) is 4.93. The summed E-state index contributed by atoms with van der Waals surface area (Å²) in [6.45, 7) is 1.34. The molecule has 88 valence electrons. The van der Waals surface area contributed by atoms with Gasteiger partial charge in [0.15, 0.2) is 0 Å². The standard InChI is InChI=1S/C14H21NO/c16-10-9-14(13-7-2-1-3-8-13)15-11-12-5-4-6-12/h1-3,7-8,12,14-16H,4-6,9-11H2/t14-/m0/s1. The Kier molecular flexibility index (Phi) is 4.37. The van der Waals surface area contributed by atoms with E-state index in [1.165, 1.54) is 24.8 Å². The fraction of sp³-hybridized carbons (Fsp3) is 0.571. The summed E-state index contributed by atoms with van der Waals surface area (Å²) in [4.78, 5) is 0. The number of hydrogen-bond acceptors (Lipinski definition) is 2. The molecular weight excluding hydrogens is 198 g/mol. The number of rotatable bonds is 6. The summed E-state index contributed by atoms with van der Waals surface area (Å²) in [7, 11) is 0. The lowest BCUT2D eigenvalue weighted by Gasteiger charge is -2.28. The molecule has 2 N–H and O–H groups in total. The van der Waals surface area contributed by atoms with Crippen LogP contribution in [0.15, 0.2) is 30.3 Å². The molecule has 16 heavy (non-hydrogen) atoms. The number of nitrogens with one attached hydrogen (secondary N) is 1. The van der Waals surface area contributed by atoms with Crippen LogP contribution in [0.25, 0.3) is 0 Å². The molecule has 0 radical (unpaired) electrons. The van der Waals surface area contributed by atoms with E-state index in [4.69, 9.17) is 5.11 Å². The predicted octanol–water partition coefficient (Wildman–Crippen LogP) is 2.50. The average molecular weight is 219 g/mol. The topological polar surface area (TPSA) is 32.3 Å². The first-order chi connectivity index (χ1) is 7.90. The summed E-state index contributed by atoms with van der Waals surface area (Å²) in [6, 6.07) is 10.7. The first kappa shape index (κ1) is 11.6. The molecule has 1 aromatic rings. The Labute approximate surface area is 97.7 Å².